The number of nitrogens with zero attached hydrogens (tertiary/aromatic N) is 4. The molecule has 4 nitrogen and oxygen atoms in total. The first-order valence-electron chi connectivity index (χ1n) is 26.3. The van der Waals surface area contributed by atoms with Gasteiger partial charge in [0.05, 0.1) is 44.1 Å². The molecule has 0 fully saturated rings. The number of aromatic nitrogens is 4. The maximum absolute atomic E-state index is 2.46. The Morgan fingerprint density at radius 3 is 0.474 bits per heavy atom. The van der Waals surface area contributed by atoms with Crippen LogP contribution in [0.3, 0.4) is 0 Å². The zero-order valence-corrected chi connectivity index (χ0v) is 41.2. The van der Waals surface area contributed by atoms with Crippen LogP contribution in [-0.4, -0.2) is 18.3 Å². The third kappa shape index (κ3) is 5.73. The van der Waals surface area contributed by atoms with Gasteiger partial charge in [0.1, 0.15) is 0 Å². The van der Waals surface area contributed by atoms with E-state index in [0.29, 0.717) is 0 Å². The number of benzene rings is 12. The molecule has 0 saturated heterocycles. The molecule has 4 heterocycles. The molecule has 4 heteroatoms. The van der Waals surface area contributed by atoms with E-state index in [1.54, 1.807) is 0 Å². The lowest BCUT2D eigenvalue weighted by atomic mass is 9.80. The molecule has 0 bridgehead atoms. The normalized spacial score (nSPS) is 12.2. The topological polar surface area (TPSA) is 19.7 Å². The lowest BCUT2D eigenvalue weighted by Crippen LogP contribution is -2.04. The van der Waals surface area contributed by atoms with E-state index in [4.69, 9.17) is 0 Å². The summed E-state index contributed by atoms with van der Waals surface area (Å²) in [4.78, 5) is 0. The van der Waals surface area contributed by atoms with Gasteiger partial charge in [0.25, 0.3) is 0 Å². The van der Waals surface area contributed by atoms with Crippen LogP contribution in [0.15, 0.2) is 267 Å². The van der Waals surface area contributed by atoms with Gasteiger partial charge < -0.3 is 18.3 Å². The summed E-state index contributed by atoms with van der Waals surface area (Å²) in [6, 6.07) is 99.4. The molecule has 12 aromatic carbocycles. The summed E-state index contributed by atoms with van der Waals surface area (Å²) in [5, 5.41) is 9.96. The minimum absolute atomic E-state index is 1.12. The first-order valence-corrected chi connectivity index (χ1v) is 26.3. The molecule has 0 amide bonds. The lowest BCUT2D eigenvalue weighted by molar-refractivity contribution is 1.17. The number of rotatable bonds is 4. The zero-order chi connectivity index (χ0) is 49.6. The molecule has 0 atom stereocenters. The number of hydrogen-bond acceptors (Lipinski definition) is 0. The van der Waals surface area contributed by atoms with Crippen molar-refractivity contribution in [3.05, 3.63) is 267 Å². The van der Waals surface area contributed by atoms with E-state index < -0.39 is 0 Å². The van der Waals surface area contributed by atoms with Gasteiger partial charge in [0.2, 0.25) is 0 Å². The molecular formula is C72H44N4. The van der Waals surface area contributed by atoms with E-state index in [2.05, 4.69) is 285 Å². The van der Waals surface area contributed by atoms with E-state index in [0.717, 1.165) is 22.7 Å². The largest absolute Gasteiger partial charge is 0.309 e. The Kier molecular flexibility index (Phi) is 8.52. The van der Waals surface area contributed by atoms with Crippen LogP contribution in [0.5, 0.6) is 0 Å². The summed E-state index contributed by atoms with van der Waals surface area (Å²) in [7, 11) is 0. The summed E-state index contributed by atoms with van der Waals surface area (Å²) in [6.07, 6.45) is 0. The average molecular weight is 965 g/mol. The van der Waals surface area contributed by atoms with Crippen molar-refractivity contribution < 1.29 is 0 Å². The van der Waals surface area contributed by atoms with Crippen LogP contribution in [0.2, 0.25) is 0 Å². The number of para-hydroxylation sites is 8. The van der Waals surface area contributed by atoms with Crippen molar-refractivity contribution in [2.75, 3.05) is 0 Å². The van der Waals surface area contributed by atoms with E-state index in [9.17, 15) is 0 Å². The maximum Gasteiger partial charge on any atom is 0.0541 e. The van der Waals surface area contributed by atoms with Crippen molar-refractivity contribution in [3.63, 3.8) is 0 Å². The number of hydrogen-bond donors (Lipinski definition) is 0. The van der Waals surface area contributed by atoms with Gasteiger partial charge in [0.15, 0.2) is 0 Å². The molecule has 76 heavy (non-hydrogen) atoms. The zero-order valence-electron chi connectivity index (χ0n) is 41.2. The minimum atomic E-state index is 1.12. The third-order valence-electron chi connectivity index (χ3n) is 16.5. The van der Waals surface area contributed by atoms with Crippen LogP contribution >= 0.6 is 0 Å². The minimum Gasteiger partial charge on any atom is -0.309 e. The van der Waals surface area contributed by atoms with E-state index in [-0.39, 0.29) is 0 Å². The summed E-state index contributed by atoms with van der Waals surface area (Å²) >= 11 is 0. The molecule has 17 rings (SSSR count). The van der Waals surface area contributed by atoms with Crippen molar-refractivity contribution in [1.82, 2.24) is 18.3 Å². The van der Waals surface area contributed by atoms with Gasteiger partial charge in [-0.25, -0.2) is 0 Å². The van der Waals surface area contributed by atoms with Gasteiger partial charge in [-0.1, -0.05) is 170 Å². The second kappa shape index (κ2) is 15.7. The van der Waals surface area contributed by atoms with Gasteiger partial charge >= 0.3 is 0 Å². The highest BCUT2D eigenvalue weighted by Gasteiger charge is 2.27. The molecule has 4 aromatic heterocycles. The highest BCUT2D eigenvalue weighted by atomic mass is 15.0. The monoisotopic (exact) mass is 964 g/mol. The fourth-order valence-corrected chi connectivity index (χ4v) is 13.3. The summed E-state index contributed by atoms with van der Waals surface area (Å²) in [5.41, 5.74) is 23.4. The Hall–Kier alpha value is -10.2. The molecular weight excluding hydrogens is 921 g/mol. The predicted octanol–water partition coefficient (Wildman–Crippen LogP) is 19.1. The second-order valence-electron chi connectivity index (χ2n) is 20.4. The van der Waals surface area contributed by atoms with E-state index in [1.807, 2.05) is 0 Å². The first kappa shape index (κ1) is 41.3. The van der Waals surface area contributed by atoms with Gasteiger partial charge in [-0.05, 0) is 142 Å². The van der Waals surface area contributed by atoms with Crippen LogP contribution in [0.1, 0.15) is 0 Å². The second-order valence-corrected chi connectivity index (χ2v) is 20.4. The molecule has 0 aliphatic heterocycles. The molecule has 0 spiro atoms. The SMILES string of the molecule is c1ccc2c(c1)c1ccccc1n2-c1ccc2c(c1)-c1cc(-n3c4ccccc4c4ccccc43)ccc1-c1ccc(-n3c4ccccc4c4ccccc43)cc1-c1cc(-n3c4ccccc4c4ccccc43)ccc1-2. The molecule has 0 unspecified atom stereocenters. The molecule has 0 N–H and O–H groups in total. The smallest absolute Gasteiger partial charge is 0.0541 e. The van der Waals surface area contributed by atoms with Crippen LogP contribution in [0.25, 0.3) is 154 Å². The van der Waals surface area contributed by atoms with Crippen molar-refractivity contribution in [1.29, 1.82) is 0 Å². The summed E-state index contributed by atoms with van der Waals surface area (Å²) in [5.74, 6) is 0. The Morgan fingerprint density at radius 1 is 0.145 bits per heavy atom. The molecule has 1 aliphatic rings. The standard InChI is InChI=1S/C72H44N4/c1-9-25-65-53(17-1)54-18-2-10-26-66(54)73(65)45-33-37-49-50-38-34-47(75-69-29-13-5-21-57(69)58-22-6-14-30-70(58)75)43-63(50)64-44-48(76-71-31-15-7-23-59(71)60-24-8-16-32-72(60)76)36-40-52(64)51-39-35-46(42-62(51)61(49)41-45)74-67-27-11-3-19-55(67)56-20-4-12-28-68(56)74/h1-44H. The quantitative estimate of drug-likeness (QED) is 0.167. The Balaban J connectivity index is 1.00. The Bertz CT molecular complexity index is 4270. The molecule has 352 valence electrons. The Morgan fingerprint density at radius 2 is 0.303 bits per heavy atom. The van der Waals surface area contributed by atoms with Crippen LogP contribution in [0.4, 0.5) is 0 Å². The van der Waals surface area contributed by atoms with Crippen LogP contribution in [0, 0.1) is 0 Å². The predicted molar refractivity (Wildman–Crippen MR) is 319 cm³/mol. The van der Waals surface area contributed by atoms with Crippen LogP contribution in [-0.2, 0) is 0 Å². The fourth-order valence-electron chi connectivity index (χ4n) is 13.3. The summed E-state index contributed by atoms with van der Waals surface area (Å²) in [6.45, 7) is 0. The number of fused-ring (bicyclic) bond motifs is 20. The van der Waals surface area contributed by atoms with Crippen molar-refractivity contribution in [3.8, 4) is 67.3 Å². The van der Waals surface area contributed by atoms with Gasteiger partial charge in [0, 0.05) is 65.8 Å². The Labute approximate surface area is 437 Å². The third-order valence-corrected chi connectivity index (χ3v) is 16.5. The highest BCUT2D eigenvalue weighted by molar-refractivity contribution is 6.14. The van der Waals surface area contributed by atoms with Crippen molar-refractivity contribution in [2.24, 2.45) is 0 Å². The van der Waals surface area contributed by atoms with Crippen LogP contribution < -0.4 is 0 Å². The van der Waals surface area contributed by atoms with Gasteiger partial charge in [-0.15, -0.1) is 0 Å². The lowest BCUT2D eigenvalue weighted by Gasteiger charge is -2.26. The van der Waals surface area contributed by atoms with Gasteiger partial charge in [-0.3, -0.25) is 0 Å². The molecule has 0 radical (unpaired) electrons. The molecule has 1 aliphatic carbocycles. The highest BCUT2D eigenvalue weighted by Crippen LogP contribution is 2.51. The van der Waals surface area contributed by atoms with E-state index in [1.165, 1.54) is 132 Å². The average Bonchev–Trinajstić information content (AvgIpc) is 4.33. The summed E-state index contributed by atoms with van der Waals surface area (Å²) < 4.78 is 9.83. The van der Waals surface area contributed by atoms with Crippen molar-refractivity contribution in [2.45, 2.75) is 0 Å². The van der Waals surface area contributed by atoms with Crippen molar-refractivity contribution >= 4 is 87.2 Å². The fraction of sp³-hybridized carbons (Fsp3) is 0. The molecule has 16 aromatic rings. The molecule has 0 saturated carbocycles. The first-order chi connectivity index (χ1) is 37.7. The van der Waals surface area contributed by atoms with E-state index >= 15 is 0 Å². The maximum atomic E-state index is 2.46. The van der Waals surface area contributed by atoms with Gasteiger partial charge in [-0.2, -0.15) is 0 Å².